The molecule has 0 heterocycles. The number of anilines is 1. The van der Waals surface area contributed by atoms with E-state index in [0.717, 1.165) is 24.4 Å². The molecule has 0 bridgehead atoms. The van der Waals surface area contributed by atoms with Crippen molar-refractivity contribution in [2.75, 3.05) is 24.6 Å². The highest BCUT2D eigenvalue weighted by atomic mass is 32.2. The maximum atomic E-state index is 5.94. The zero-order valence-corrected chi connectivity index (χ0v) is 16.3. The van der Waals surface area contributed by atoms with Gasteiger partial charge >= 0.3 is 6.08 Å². The molecule has 0 aliphatic carbocycles. The van der Waals surface area contributed by atoms with E-state index in [1.54, 1.807) is 0 Å². The number of nitrogens with two attached hydrogens (primary N) is 1. The second-order valence-electron chi connectivity index (χ2n) is 6.60. The topological polar surface area (TPSA) is 56.8 Å². The first-order valence-electron chi connectivity index (χ1n) is 8.76. The second kappa shape index (κ2) is 11.2. The molecule has 4 nitrogen and oxygen atoms in total. The molecule has 0 saturated carbocycles. The molecule has 1 aromatic carbocycles. The minimum atomic E-state index is -0.273. The summed E-state index contributed by atoms with van der Waals surface area (Å²) in [4.78, 5) is 5.61. The van der Waals surface area contributed by atoms with Crippen molar-refractivity contribution in [1.29, 1.82) is 0 Å². The lowest BCUT2D eigenvalue weighted by Crippen LogP contribution is -2.26. The number of nitrogens with zero attached hydrogens (tertiary/aromatic N) is 1. The Hall–Kier alpha value is -1.36. The van der Waals surface area contributed by atoms with Crippen LogP contribution in [0.2, 0.25) is 0 Å². The molecule has 0 aromatic heterocycles. The molecule has 136 valence electrons. The largest absolute Gasteiger partial charge is 0.451 e. The van der Waals surface area contributed by atoms with Gasteiger partial charge in [0.2, 0.25) is 0 Å². The Morgan fingerprint density at radius 2 is 1.83 bits per heavy atom. The van der Waals surface area contributed by atoms with Gasteiger partial charge in [0.15, 0.2) is 0 Å². The third-order valence-electron chi connectivity index (χ3n) is 3.13. The zero-order chi connectivity index (χ0) is 17.8. The molecule has 0 unspecified atom stereocenters. The van der Waals surface area contributed by atoms with E-state index in [1.165, 1.54) is 24.2 Å². The van der Waals surface area contributed by atoms with E-state index in [0.29, 0.717) is 12.7 Å². The van der Waals surface area contributed by atoms with Gasteiger partial charge in [-0.15, -0.1) is 11.8 Å². The predicted octanol–water partition coefficient (Wildman–Crippen LogP) is 5.13. The molecule has 1 rings (SSSR count). The maximum absolute atomic E-state index is 5.94. The summed E-state index contributed by atoms with van der Waals surface area (Å²) >= 11 is 1.84. The van der Waals surface area contributed by atoms with Crippen molar-refractivity contribution >= 4 is 23.5 Å². The number of rotatable bonds is 9. The van der Waals surface area contributed by atoms with Gasteiger partial charge in [-0.1, -0.05) is 25.0 Å². The number of aliphatic imine (C=N–C) groups is 1. The maximum Gasteiger partial charge on any atom is 0.383 e. The molecule has 0 aliphatic heterocycles. The van der Waals surface area contributed by atoms with E-state index in [1.807, 2.05) is 57.7 Å². The van der Waals surface area contributed by atoms with Gasteiger partial charge < -0.3 is 15.2 Å². The van der Waals surface area contributed by atoms with Crippen molar-refractivity contribution in [3.8, 4) is 0 Å². The van der Waals surface area contributed by atoms with Crippen molar-refractivity contribution in [2.45, 2.75) is 63.9 Å². The van der Waals surface area contributed by atoms with Crippen molar-refractivity contribution in [3.63, 3.8) is 0 Å². The molecule has 0 atom stereocenters. The average Bonchev–Trinajstić information content (AvgIpc) is 2.50. The SMILES string of the molecule is CCOC(=NCCCCCCSc1ccccc1N)OC(C)(C)C. The monoisotopic (exact) mass is 352 g/mol. The Bertz CT molecular complexity index is 498. The Labute approximate surface area is 151 Å². The number of nitrogen functional groups attached to an aromatic ring is 1. The van der Waals surface area contributed by atoms with E-state index in [4.69, 9.17) is 15.2 Å². The van der Waals surface area contributed by atoms with Crippen LogP contribution in [-0.2, 0) is 9.47 Å². The van der Waals surface area contributed by atoms with Gasteiger partial charge in [-0.25, -0.2) is 4.99 Å². The van der Waals surface area contributed by atoms with E-state index < -0.39 is 0 Å². The van der Waals surface area contributed by atoms with E-state index >= 15 is 0 Å². The summed E-state index contributed by atoms with van der Waals surface area (Å²) in [6.07, 6.45) is 5.05. The molecule has 0 aliphatic rings. The lowest BCUT2D eigenvalue weighted by Gasteiger charge is -2.21. The number of thioether (sulfide) groups is 1. The lowest BCUT2D eigenvalue weighted by molar-refractivity contribution is 0.0601. The van der Waals surface area contributed by atoms with Crippen LogP contribution in [0.15, 0.2) is 34.2 Å². The normalized spacial score (nSPS) is 12.2. The number of hydrogen-bond donors (Lipinski definition) is 1. The first-order chi connectivity index (χ1) is 11.4. The standard InChI is InChI=1S/C19H32N2O2S/c1-5-22-18(23-19(2,3)4)21-14-10-6-7-11-15-24-17-13-9-8-12-16(17)20/h8-9,12-13H,5-7,10-11,14-15,20H2,1-4H3. The zero-order valence-electron chi connectivity index (χ0n) is 15.5. The highest BCUT2D eigenvalue weighted by molar-refractivity contribution is 7.99. The van der Waals surface area contributed by atoms with Crippen molar-refractivity contribution in [1.82, 2.24) is 0 Å². The van der Waals surface area contributed by atoms with Crippen molar-refractivity contribution in [3.05, 3.63) is 24.3 Å². The minimum absolute atomic E-state index is 0.273. The fraction of sp³-hybridized carbons (Fsp3) is 0.632. The first-order valence-corrected chi connectivity index (χ1v) is 9.74. The molecule has 0 radical (unpaired) electrons. The summed E-state index contributed by atoms with van der Waals surface area (Å²) < 4.78 is 11.1. The summed E-state index contributed by atoms with van der Waals surface area (Å²) in [7, 11) is 0. The predicted molar refractivity (Wildman–Crippen MR) is 105 cm³/mol. The molecule has 2 N–H and O–H groups in total. The quantitative estimate of drug-likeness (QED) is 0.220. The van der Waals surface area contributed by atoms with Gasteiger partial charge in [0.25, 0.3) is 0 Å². The van der Waals surface area contributed by atoms with Crippen LogP contribution in [0.1, 0.15) is 53.4 Å². The van der Waals surface area contributed by atoms with E-state index in [9.17, 15) is 0 Å². The summed E-state index contributed by atoms with van der Waals surface area (Å²) in [5.41, 5.74) is 6.54. The Morgan fingerprint density at radius 1 is 1.12 bits per heavy atom. The lowest BCUT2D eigenvalue weighted by atomic mass is 10.2. The molecule has 0 saturated heterocycles. The number of unbranched alkanes of at least 4 members (excludes halogenated alkanes) is 3. The highest BCUT2D eigenvalue weighted by Crippen LogP contribution is 2.25. The van der Waals surface area contributed by atoms with Crippen LogP contribution in [-0.4, -0.2) is 30.6 Å². The second-order valence-corrected chi connectivity index (χ2v) is 7.73. The summed E-state index contributed by atoms with van der Waals surface area (Å²) in [6.45, 7) is 9.27. The Balaban J connectivity index is 2.14. The molecule has 5 heteroatoms. The van der Waals surface area contributed by atoms with Crippen LogP contribution in [0.25, 0.3) is 0 Å². The third kappa shape index (κ3) is 9.71. The minimum Gasteiger partial charge on any atom is -0.451 e. The van der Waals surface area contributed by atoms with Crippen LogP contribution in [0.5, 0.6) is 0 Å². The van der Waals surface area contributed by atoms with Crippen LogP contribution in [0.3, 0.4) is 0 Å². The Morgan fingerprint density at radius 3 is 2.50 bits per heavy atom. The number of ether oxygens (including phenoxy) is 2. The summed E-state index contributed by atoms with van der Waals surface area (Å²) in [5.74, 6) is 1.11. The van der Waals surface area contributed by atoms with Gasteiger partial charge in [0.1, 0.15) is 5.60 Å². The molecular weight excluding hydrogens is 320 g/mol. The molecule has 0 amide bonds. The number of para-hydroxylation sites is 1. The third-order valence-corrected chi connectivity index (χ3v) is 4.31. The number of benzene rings is 1. The van der Waals surface area contributed by atoms with Gasteiger partial charge in [0, 0.05) is 17.1 Å². The molecular formula is C19H32N2O2S. The van der Waals surface area contributed by atoms with Gasteiger partial charge in [-0.05, 0) is 58.4 Å². The van der Waals surface area contributed by atoms with Crippen LogP contribution in [0.4, 0.5) is 5.69 Å². The van der Waals surface area contributed by atoms with Crippen LogP contribution >= 0.6 is 11.8 Å². The molecule has 0 fully saturated rings. The Kier molecular flexibility index (Phi) is 9.69. The average molecular weight is 353 g/mol. The fourth-order valence-electron chi connectivity index (χ4n) is 2.02. The van der Waals surface area contributed by atoms with E-state index in [2.05, 4.69) is 11.1 Å². The van der Waals surface area contributed by atoms with Crippen LogP contribution < -0.4 is 5.73 Å². The van der Waals surface area contributed by atoms with E-state index in [-0.39, 0.29) is 5.60 Å². The smallest absolute Gasteiger partial charge is 0.383 e. The van der Waals surface area contributed by atoms with Crippen LogP contribution in [0, 0.1) is 0 Å². The van der Waals surface area contributed by atoms with Crippen molar-refractivity contribution in [2.24, 2.45) is 4.99 Å². The van der Waals surface area contributed by atoms with Gasteiger partial charge in [0.05, 0.1) is 6.61 Å². The highest BCUT2D eigenvalue weighted by Gasteiger charge is 2.15. The molecule has 1 aromatic rings. The van der Waals surface area contributed by atoms with Crippen molar-refractivity contribution < 1.29 is 9.47 Å². The summed E-state index contributed by atoms with van der Waals surface area (Å²) in [5, 5.41) is 0. The first kappa shape index (κ1) is 20.7. The molecule has 24 heavy (non-hydrogen) atoms. The van der Waals surface area contributed by atoms with Gasteiger partial charge in [-0.2, -0.15) is 0 Å². The number of hydrogen-bond acceptors (Lipinski definition) is 5. The van der Waals surface area contributed by atoms with Gasteiger partial charge in [-0.3, -0.25) is 0 Å². The fourth-order valence-corrected chi connectivity index (χ4v) is 3.00. The summed E-state index contributed by atoms with van der Waals surface area (Å²) in [6, 6.07) is 8.04. The molecule has 0 spiro atoms.